The van der Waals surface area contributed by atoms with Crippen LogP contribution in [0.15, 0.2) is 18.2 Å². The Labute approximate surface area is 79.3 Å². The first-order valence-electron chi connectivity index (χ1n) is 2.74. The van der Waals surface area contributed by atoms with E-state index in [-0.39, 0.29) is 28.9 Å². The van der Waals surface area contributed by atoms with Crippen molar-refractivity contribution in [1.29, 1.82) is 0 Å². The molecule has 0 amide bonds. The van der Waals surface area contributed by atoms with E-state index in [2.05, 4.69) is 0 Å². The molecule has 66 valence electrons. The van der Waals surface area contributed by atoms with Crippen LogP contribution < -0.4 is 0 Å². The van der Waals surface area contributed by atoms with Gasteiger partial charge in [0.05, 0.1) is 9.95 Å². The highest BCUT2D eigenvalue weighted by molar-refractivity contribution is 6.32. The van der Waals surface area contributed by atoms with E-state index in [0.717, 1.165) is 6.07 Å². The molecule has 0 radical (unpaired) electrons. The SMILES string of the molecule is Cl.O=[N+]([O-])c1ccc(O)c(Cl)c1. The van der Waals surface area contributed by atoms with Crippen LogP contribution in [0, 0.1) is 10.1 Å². The number of halogens is 2. The van der Waals surface area contributed by atoms with Gasteiger partial charge in [-0.25, -0.2) is 0 Å². The summed E-state index contributed by atoms with van der Waals surface area (Å²) in [5.41, 5.74) is -0.132. The highest BCUT2D eigenvalue weighted by atomic mass is 35.5. The molecule has 0 saturated heterocycles. The van der Waals surface area contributed by atoms with Crippen molar-refractivity contribution in [3.05, 3.63) is 33.3 Å². The maximum absolute atomic E-state index is 10.1. The predicted octanol–water partition coefficient (Wildman–Crippen LogP) is 2.38. The number of aromatic hydroxyl groups is 1. The third-order valence-corrected chi connectivity index (χ3v) is 1.44. The normalized spacial score (nSPS) is 8.75. The maximum Gasteiger partial charge on any atom is 0.271 e. The third kappa shape index (κ3) is 2.25. The summed E-state index contributed by atoms with van der Waals surface area (Å²) in [5, 5.41) is 19.0. The first-order chi connectivity index (χ1) is 5.11. The Bertz CT molecular complexity index is 303. The molecule has 6 heteroatoms. The Morgan fingerprint density at radius 1 is 1.50 bits per heavy atom. The van der Waals surface area contributed by atoms with Gasteiger partial charge in [-0.05, 0) is 6.07 Å². The number of phenols is 1. The molecule has 0 saturated carbocycles. The van der Waals surface area contributed by atoms with E-state index in [1.165, 1.54) is 12.1 Å². The van der Waals surface area contributed by atoms with Crippen LogP contribution in [-0.4, -0.2) is 10.0 Å². The number of phenolic OH excluding ortho intramolecular Hbond substituents is 1. The number of nitrogens with zero attached hydrogens (tertiary/aromatic N) is 1. The number of non-ortho nitro benzene ring substituents is 1. The Morgan fingerprint density at radius 2 is 2.08 bits per heavy atom. The van der Waals surface area contributed by atoms with Crippen molar-refractivity contribution >= 4 is 29.7 Å². The summed E-state index contributed by atoms with van der Waals surface area (Å²) in [7, 11) is 0. The molecule has 1 rings (SSSR count). The van der Waals surface area contributed by atoms with Crippen LogP contribution in [0.1, 0.15) is 0 Å². The zero-order valence-corrected chi connectivity index (χ0v) is 7.30. The highest BCUT2D eigenvalue weighted by Gasteiger charge is 2.07. The quantitative estimate of drug-likeness (QED) is 0.571. The second-order valence-corrected chi connectivity index (χ2v) is 2.30. The molecule has 0 fully saturated rings. The van der Waals surface area contributed by atoms with Gasteiger partial charge >= 0.3 is 0 Å². The molecule has 0 spiro atoms. The Morgan fingerprint density at radius 3 is 2.50 bits per heavy atom. The van der Waals surface area contributed by atoms with Gasteiger partial charge in [-0.2, -0.15) is 0 Å². The van der Waals surface area contributed by atoms with Crippen molar-refractivity contribution in [1.82, 2.24) is 0 Å². The van der Waals surface area contributed by atoms with Crippen molar-refractivity contribution < 1.29 is 10.0 Å². The first-order valence-corrected chi connectivity index (χ1v) is 3.12. The summed E-state index contributed by atoms with van der Waals surface area (Å²) < 4.78 is 0. The number of nitro benzene ring substituents is 1. The lowest BCUT2D eigenvalue weighted by atomic mass is 10.3. The Hall–Kier alpha value is -1.00. The number of benzene rings is 1. The van der Waals surface area contributed by atoms with Gasteiger partial charge in [-0.1, -0.05) is 11.6 Å². The van der Waals surface area contributed by atoms with Crippen molar-refractivity contribution in [2.45, 2.75) is 0 Å². The molecular weight excluding hydrogens is 205 g/mol. The smallest absolute Gasteiger partial charge is 0.271 e. The summed E-state index contributed by atoms with van der Waals surface area (Å²) in [6, 6.07) is 3.46. The molecule has 12 heavy (non-hydrogen) atoms. The summed E-state index contributed by atoms with van der Waals surface area (Å²) in [4.78, 5) is 9.55. The molecule has 4 nitrogen and oxygen atoms in total. The molecule has 0 aromatic heterocycles. The van der Waals surface area contributed by atoms with Gasteiger partial charge in [0.2, 0.25) is 0 Å². The van der Waals surface area contributed by atoms with Crippen molar-refractivity contribution in [3.8, 4) is 5.75 Å². The molecule has 1 N–H and O–H groups in total. The van der Waals surface area contributed by atoms with Crippen LogP contribution in [0.5, 0.6) is 5.75 Å². The number of nitro groups is 1. The number of rotatable bonds is 1. The number of hydrogen-bond donors (Lipinski definition) is 1. The van der Waals surface area contributed by atoms with Gasteiger partial charge in [-0.15, -0.1) is 12.4 Å². The van der Waals surface area contributed by atoms with Gasteiger partial charge in [-0.3, -0.25) is 10.1 Å². The lowest BCUT2D eigenvalue weighted by Crippen LogP contribution is -1.86. The van der Waals surface area contributed by atoms with Gasteiger partial charge in [0.1, 0.15) is 5.75 Å². The molecular formula is C6H5Cl2NO3. The Kier molecular flexibility index (Phi) is 3.79. The van der Waals surface area contributed by atoms with Crippen LogP contribution in [-0.2, 0) is 0 Å². The molecule has 0 atom stereocenters. The van der Waals surface area contributed by atoms with Crippen LogP contribution in [0.25, 0.3) is 0 Å². The standard InChI is InChI=1S/C6H4ClNO3.ClH/c7-5-3-4(8(10)11)1-2-6(5)9;/h1-3,9H;1H. The minimum Gasteiger partial charge on any atom is -0.506 e. The molecule has 0 aliphatic rings. The molecule has 1 aromatic carbocycles. The third-order valence-electron chi connectivity index (χ3n) is 1.14. The average Bonchev–Trinajstić information content (AvgIpc) is 1.94. The maximum atomic E-state index is 10.1. The van der Waals surface area contributed by atoms with Crippen LogP contribution >= 0.6 is 24.0 Å². The minimum absolute atomic E-state index is 0. The van der Waals surface area contributed by atoms with E-state index in [1.807, 2.05) is 0 Å². The fraction of sp³-hybridized carbons (Fsp3) is 0. The molecule has 0 unspecified atom stereocenters. The van der Waals surface area contributed by atoms with E-state index in [9.17, 15) is 10.1 Å². The van der Waals surface area contributed by atoms with Crippen LogP contribution in [0.4, 0.5) is 5.69 Å². The Balaban J connectivity index is 0.00000121. The predicted molar refractivity (Wildman–Crippen MR) is 47.0 cm³/mol. The van der Waals surface area contributed by atoms with E-state index in [0.29, 0.717) is 0 Å². The highest BCUT2D eigenvalue weighted by Crippen LogP contribution is 2.26. The van der Waals surface area contributed by atoms with Crippen LogP contribution in [0.3, 0.4) is 0 Å². The largest absolute Gasteiger partial charge is 0.506 e. The van der Waals surface area contributed by atoms with E-state index >= 15 is 0 Å². The molecule has 0 heterocycles. The van der Waals surface area contributed by atoms with E-state index < -0.39 is 4.92 Å². The minimum atomic E-state index is -0.578. The molecule has 0 aliphatic carbocycles. The van der Waals surface area contributed by atoms with Gasteiger partial charge < -0.3 is 5.11 Å². The summed E-state index contributed by atoms with van der Waals surface area (Å²) in [5.74, 6) is -0.155. The van der Waals surface area contributed by atoms with Gasteiger partial charge in [0.15, 0.2) is 0 Å². The zero-order valence-electron chi connectivity index (χ0n) is 5.73. The average molecular weight is 210 g/mol. The monoisotopic (exact) mass is 209 g/mol. The molecule has 0 aliphatic heterocycles. The van der Waals surface area contributed by atoms with E-state index in [4.69, 9.17) is 16.7 Å². The van der Waals surface area contributed by atoms with Gasteiger partial charge in [0.25, 0.3) is 5.69 Å². The second kappa shape index (κ2) is 4.13. The summed E-state index contributed by atoms with van der Waals surface area (Å²) in [6.45, 7) is 0. The lowest BCUT2D eigenvalue weighted by Gasteiger charge is -1.94. The molecule has 0 bridgehead atoms. The van der Waals surface area contributed by atoms with Crippen LogP contribution in [0.2, 0.25) is 5.02 Å². The fourth-order valence-corrected chi connectivity index (χ4v) is 0.784. The summed E-state index contributed by atoms with van der Waals surface area (Å²) in [6.07, 6.45) is 0. The lowest BCUT2D eigenvalue weighted by molar-refractivity contribution is -0.384. The summed E-state index contributed by atoms with van der Waals surface area (Å²) >= 11 is 5.40. The van der Waals surface area contributed by atoms with Crippen molar-refractivity contribution in [3.63, 3.8) is 0 Å². The second-order valence-electron chi connectivity index (χ2n) is 1.89. The first kappa shape index (κ1) is 11.0. The molecule has 1 aromatic rings. The topological polar surface area (TPSA) is 63.4 Å². The fourth-order valence-electron chi connectivity index (χ4n) is 0.609. The van der Waals surface area contributed by atoms with Gasteiger partial charge in [0, 0.05) is 12.1 Å². The number of hydrogen-bond acceptors (Lipinski definition) is 3. The van der Waals surface area contributed by atoms with Crippen molar-refractivity contribution in [2.24, 2.45) is 0 Å². The zero-order chi connectivity index (χ0) is 8.43. The van der Waals surface area contributed by atoms with Crippen molar-refractivity contribution in [2.75, 3.05) is 0 Å². The van der Waals surface area contributed by atoms with E-state index in [1.54, 1.807) is 0 Å².